The fraction of sp³-hybridized carbons (Fsp3) is 0.667. The van der Waals surface area contributed by atoms with Crippen LogP contribution in [0.3, 0.4) is 0 Å². The topological polar surface area (TPSA) is 266 Å². The average Bonchev–Trinajstić information content (AvgIpc) is 3.23. The highest BCUT2D eigenvalue weighted by Gasteiger charge is 2.34. The van der Waals surface area contributed by atoms with Gasteiger partial charge in [-0.25, -0.2) is 0 Å². The maximum absolute atomic E-state index is 13.0. The molecule has 1 fully saturated rings. The smallest absolute Gasteiger partial charge is 0.322 e. The largest absolute Gasteiger partial charge is 0.481 e. The Morgan fingerprint density at radius 2 is 1.54 bits per heavy atom. The van der Waals surface area contributed by atoms with Gasteiger partial charge in [-0.1, -0.05) is 13.8 Å². The molecule has 0 bridgehead atoms. The van der Waals surface area contributed by atoms with E-state index in [0.29, 0.717) is 0 Å². The van der Waals surface area contributed by atoms with Crippen molar-refractivity contribution in [3.63, 3.8) is 0 Å². The van der Waals surface area contributed by atoms with Crippen molar-refractivity contribution in [3.8, 4) is 0 Å². The van der Waals surface area contributed by atoms with E-state index in [4.69, 9.17) is 15.9 Å². The van der Waals surface area contributed by atoms with Gasteiger partial charge in [0.2, 0.25) is 29.5 Å². The summed E-state index contributed by atoms with van der Waals surface area (Å²) in [5, 5.41) is 39.2. The van der Waals surface area contributed by atoms with Gasteiger partial charge < -0.3 is 47.6 Å². The lowest BCUT2D eigenvalue weighted by molar-refractivity contribution is -0.141. The fourth-order valence-corrected chi connectivity index (χ4v) is 3.46. The number of aliphatic hydroxyl groups is 1. The molecule has 10 N–H and O–H groups in total. The van der Waals surface area contributed by atoms with Crippen LogP contribution in [0.25, 0.3) is 0 Å². The zero-order chi connectivity index (χ0) is 28.3. The van der Waals surface area contributed by atoms with Crippen LogP contribution in [0.2, 0.25) is 0 Å². The predicted octanol–water partition coefficient (Wildman–Crippen LogP) is -4.24. The first kappa shape index (κ1) is 31.2. The van der Waals surface area contributed by atoms with Crippen molar-refractivity contribution in [2.45, 2.75) is 69.8 Å². The summed E-state index contributed by atoms with van der Waals surface area (Å²) in [6, 6.07) is -4.98. The van der Waals surface area contributed by atoms with Gasteiger partial charge >= 0.3 is 11.9 Å². The van der Waals surface area contributed by atoms with Crippen molar-refractivity contribution < 1.29 is 48.9 Å². The number of β-amino-alcohol motifs (C(OH)–C–C–N with tert-alkyl or cyclic N) is 1. The van der Waals surface area contributed by atoms with Gasteiger partial charge in [0.15, 0.2) is 0 Å². The number of amides is 5. The molecule has 0 aromatic rings. The average molecular weight is 531 g/mol. The molecule has 0 saturated carbocycles. The number of aliphatic carboxylic acids is 2. The van der Waals surface area contributed by atoms with E-state index >= 15 is 0 Å². The number of nitrogens with two attached hydrogens (primary N) is 1. The Morgan fingerprint density at radius 3 is 2.03 bits per heavy atom. The molecular weight excluding hydrogens is 496 g/mol. The first-order valence-electron chi connectivity index (χ1n) is 11.5. The molecule has 1 saturated heterocycles. The van der Waals surface area contributed by atoms with Crippen LogP contribution < -0.4 is 32.3 Å². The second kappa shape index (κ2) is 14.7. The van der Waals surface area contributed by atoms with E-state index in [0.717, 1.165) is 0 Å². The standard InChI is InChI=1S/C21H34N6O10/c1-9(2)17(27-20(36)12-5-10(28)7-23-12)21(37)25-11(3-4-14(22)29)19(35)26-13(6-15(30)31)18(34)24-8-16(32)33/h9-13,17,23,28H,3-8H2,1-2H3,(H2,22,29)(H,24,34)(H,25,37)(H,26,35)(H,27,36)(H,30,31)(H,32,33)/t10-,11+,12+,13+,17+/m1/s1. The van der Waals surface area contributed by atoms with Crippen LogP contribution in [0.15, 0.2) is 0 Å². The van der Waals surface area contributed by atoms with E-state index < -0.39 is 90.6 Å². The van der Waals surface area contributed by atoms with E-state index in [1.54, 1.807) is 13.8 Å². The Balaban J connectivity index is 3.00. The normalized spacial score (nSPS) is 19.2. The minimum absolute atomic E-state index is 0.150. The zero-order valence-corrected chi connectivity index (χ0v) is 20.5. The highest BCUT2D eigenvalue weighted by molar-refractivity contribution is 5.96. The van der Waals surface area contributed by atoms with Crippen LogP contribution in [-0.2, 0) is 33.6 Å². The molecule has 5 amide bonds. The highest BCUT2D eigenvalue weighted by Crippen LogP contribution is 2.10. The molecule has 37 heavy (non-hydrogen) atoms. The van der Waals surface area contributed by atoms with Gasteiger partial charge in [-0.3, -0.25) is 33.6 Å². The Morgan fingerprint density at radius 1 is 0.919 bits per heavy atom. The molecule has 1 aliphatic rings. The van der Waals surface area contributed by atoms with Gasteiger partial charge in [0, 0.05) is 13.0 Å². The molecule has 1 heterocycles. The number of carboxylic acid groups (broad SMARTS) is 2. The number of rotatable bonds is 15. The first-order valence-corrected chi connectivity index (χ1v) is 11.5. The lowest BCUT2D eigenvalue weighted by Gasteiger charge is -2.27. The maximum Gasteiger partial charge on any atom is 0.322 e. The van der Waals surface area contributed by atoms with E-state index in [2.05, 4.69) is 21.3 Å². The number of carbonyl (C=O) groups excluding carboxylic acids is 5. The van der Waals surface area contributed by atoms with Crippen LogP contribution in [0.5, 0.6) is 0 Å². The number of hydrogen-bond acceptors (Lipinski definition) is 9. The van der Waals surface area contributed by atoms with Crippen LogP contribution >= 0.6 is 0 Å². The summed E-state index contributed by atoms with van der Waals surface area (Å²) in [4.78, 5) is 83.8. The van der Waals surface area contributed by atoms with Gasteiger partial charge in [-0.05, 0) is 18.8 Å². The molecule has 0 aromatic heterocycles. The van der Waals surface area contributed by atoms with Crippen LogP contribution in [0, 0.1) is 5.92 Å². The van der Waals surface area contributed by atoms with E-state index in [1.165, 1.54) is 0 Å². The van der Waals surface area contributed by atoms with Crippen molar-refractivity contribution in [1.29, 1.82) is 0 Å². The van der Waals surface area contributed by atoms with Gasteiger partial charge in [0.1, 0.15) is 24.7 Å². The van der Waals surface area contributed by atoms with Crippen molar-refractivity contribution in [2.75, 3.05) is 13.1 Å². The van der Waals surface area contributed by atoms with Crippen molar-refractivity contribution in [2.24, 2.45) is 11.7 Å². The first-order chi connectivity index (χ1) is 17.2. The molecule has 16 nitrogen and oxygen atoms in total. The van der Waals surface area contributed by atoms with Crippen molar-refractivity contribution >= 4 is 41.5 Å². The van der Waals surface area contributed by atoms with Crippen LogP contribution in [0.1, 0.15) is 39.5 Å². The third-order valence-corrected chi connectivity index (χ3v) is 5.41. The summed E-state index contributed by atoms with van der Waals surface area (Å²) in [6.45, 7) is 2.66. The molecule has 5 atom stereocenters. The second-order valence-electron chi connectivity index (χ2n) is 8.92. The Labute approximate surface area is 212 Å². The lowest BCUT2D eigenvalue weighted by Crippen LogP contribution is -2.59. The molecule has 1 rings (SSSR count). The number of nitrogens with one attached hydrogen (secondary N) is 5. The quantitative estimate of drug-likeness (QED) is 0.0978. The maximum atomic E-state index is 13.0. The summed E-state index contributed by atoms with van der Waals surface area (Å²) >= 11 is 0. The fourth-order valence-electron chi connectivity index (χ4n) is 3.46. The number of primary amides is 1. The number of hydrogen-bond donors (Lipinski definition) is 9. The van der Waals surface area contributed by atoms with Gasteiger partial charge in [0.25, 0.3) is 0 Å². The number of carbonyl (C=O) groups is 7. The summed E-state index contributed by atoms with van der Waals surface area (Å²) < 4.78 is 0. The predicted molar refractivity (Wildman–Crippen MR) is 124 cm³/mol. The number of aliphatic hydroxyl groups excluding tert-OH is 1. The molecule has 0 aliphatic carbocycles. The monoisotopic (exact) mass is 530 g/mol. The minimum atomic E-state index is -1.68. The Bertz CT molecular complexity index is 895. The minimum Gasteiger partial charge on any atom is -0.481 e. The van der Waals surface area contributed by atoms with Crippen LogP contribution in [-0.4, -0.2) is 100 Å². The molecule has 208 valence electrons. The van der Waals surface area contributed by atoms with Crippen molar-refractivity contribution in [1.82, 2.24) is 26.6 Å². The third kappa shape index (κ3) is 11.2. The van der Waals surface area contributed by atoms with Gasteiger partial charge in [0.05, 0.1) is 18.6 Å². The highest BCUT2D eigenvalue weighted by atomic mass is 16.4. The third-order valence-electron chi connectivity index (χ3n) is 5.41. The van der Waals surface area contributed by atoms with Gasteiger partial charge in [-0.2, -0.15) is 0 Å². The van der Waals surface area contributed by atoms with Gasteiger partial charge in [-0.15, -0.1) is 0 Å². The summed E-state index contributed by atoms with van der Waals surface area (Å²) in [5.74, 6) is -7.56. The molecule has 0 spiro atoms. The summed E-state index contributed by atoms with van der Waals surface area (Å²) in [6.07, 6.45) is -2.11. The SMILES string of the molecule is CC(C)[C@H](NC(=O)[C@@H]1C[C@@H](O)CN1)C(=O)N[C@@H](CCC(N)=O)C(=O)N[C@@H](CC(=O)O)C(=O)NCC(=O)O. The van der Waals surface area contributed by atoms with E-state index in [-0.39, 0.29) is 25.8 Å². The Kier molecular flexibility index (Phi) is 12.4. The van der Waals surface area contributed by atoms with Crippen LogP contribution in [0.4, 0.5) is 0 Å². The molecule has 0 radical (unpaired) electrons. The van der Waals surface area contributed by atoms with E-state index in [1.807, 2.05) is 5.32 Å². The second-order valence-corrected chi connectivity index (χ2v) is 8.92. The molecule has 16 heteroatoms. The number of carboxylic acids is 2. The molecule has 0 aromatic carbocycles. The molecular formula is C21H34N6O10. The van der Waals surface area contributed by atoms with E-state index in [9.17, 15) is 38.7 Å². The summed E-state index contributed by atoms with van der Waals surface area (Å²) in [7, 11) is 0. The zero-order valence-electron chi connectivity index (χ0n) is 20.5. The lowest BCUT2D eigenvalue weighted by atomic mass is 10.0. The molecule has 0 unspecified atom stereocenters. The molecule has 1 aliphatic heterocycles. The Hall–Kier alpha value is -3.79. The van der Waals surface area contributed by atoms with Crippen molar-refractivity contribution in [3.05, 3.63) is 0 Å². The summed E-state index contributed by atoms with van der Waals surface area (Å²) in [5.41, 5.74) is 5.14.